The maximum absolute atomic E-state index is 4.76. The van der Waals surface area contributed by atoms with Gasteiger partial charge in [-0.15, -0.1) is 0 Å². The first-order chi connectivity index (χ1) is 9.17. The molecule has 0 aliphatic heterocycles. The minimum Gasteiger partial charge on any atom is -0.370 e. The van der Waals surface area contributed by atoms with E-state index in [-0.39, 0.29) is 0 Å². The summed E-state index contributed by atoms with van der Waals surface area (Å²) in [7, 11) is 0. The van der Waals surface area contributed by atoms with Crippen LogP contribution in [0.4, 0.5) is 11.6 Å². The highest BCUT2D eigenvalue weighted by Crippen LogP contribution is 2.40. The number of aromatic nitrogens is 2. The van der Waals surface area contributed by atoms with Crippen LogP contribution < -0.4 is 10.6 Å². The molecule has 3 rings (SSSR count). The average Bonchev–Trinajstić information content (AvgIpc) is 3.16. The van der Waals surface area contributed by atoms with E-state index in [1.807, 2.05) is 0 Å². The van der Waals surface area contributed by atoms with Crippen LogP contribution in [0.5, 0.6) is 0 Å². The SMILES string of the molecule is CCNc1nc(C2CC2)nc(NC2CC(C)C2)c1C. The van der Waals surface area contributed by atoms with E-state index in [9.17, 15) is 0 Å². The lowest BCUT2D eigenvalue weighted by Gasteiger charge is -2.34. The van der Waals surface area contributed by atoms with Gasteiger partial charge in [-0.2, -0.15) is 0 Å². The van der Waals surface area contributed by atoms with Gasteiger partial charge in [-0.1, -0.05) is 6.92 Å². The van der Waals surface area contributed by atoms with Crippen LogP contribution in [-0.2, 0) is 0 Å². The Balaban J connectivity index is 1.83. The molecule has 19 heavy (non-hydrogen) atoms. The average molecular weight is 260 g/mol. The fourth-order valence-corrected chi connectivity index (χ4v) is 2.75. The zero-order valence-electron chi connectivity index (χ0n) is 12.2. The lowest BCUT2D eigenvalue weighted by molar-refractivity contribution is 0.308. The van der Waals surface area contributed by atoms with E-state index in [1.54, 1.807) is 0 Å². The number of nitrogens with zero attached hydrogens (tertiary/aromatic N) is 2. The van der Waals surface area contributed by atoms with Crippen LogP contribution in [0.2, 0.25) is 0 Å². The molecule has 1 heterocycles. The molecule has 2 fully saturated rings. The molecule has 0 atom stereocenters. The zero-order chi connectivity index (χ0) is 13.4. The van der Waals surface area contributed by atoms with Crippen molar-refractivity contribution in [3.8, 4) is 0 Å². The van der Waals surface area contributed by atoms with E-state index in [0.29, 0.717) is 12.0 Å². The minimum absolute atomic E-state index is 0.596. The first-order valence-electron chi connectivity index (χ1n) is 7.56. The van der Waals surface area contributed by atoms with E-state index >= 15 is 0 Å². The number of rotatable bonds is 5. The quantitative estimate of drug-likeness (QED) is 0.853. The summed E-state index contributed by atoms with van der Waals surface area (Å²) in [6, 6.07) is 0.602. The van der Waals surface area contributed by atoms with E-state index in [1.165, 1.54) is 25.7 Å². The second kappa shape index (κ2) is 4.99. The van der Waals surface area contributed by atoms with Gasteiger partial charge in [-0.3, -0.25) is 0 Å². The largest absolute Gasteiger partial charge is 0.370 e. The van der Waals surface area contributed by atoms with Crippen molar-refractivity contribution in [1.29, 1.82) is 0 Å². The Morgan fingerprint density at radius 3 is 2.42 bits per heavy atom. The Morgan fingerprint density at radius 1 is 1.16 bits per heavy atom. The van der Waals surface area contributed by atoms with Gasteiger partial charge in [0.15, 0.2) is 0 Å². The van der Waals surface area contributed by atoms with Crippen molar-refractivity contribution in [3.05, 3.63) is 11.4 Å². The molecule has 1 aromatic heterocycles. The molecular formula is C15H24N4. The highest BCUT2D eigenvalue weighted by Gasteiger charge is 2.30. The predicted octanol–water partition coefficient (Wildman–Crippen LogP) is 3.30. The van der Waals surface area contributed by atoms with Crippen molar-refractivity contribution in [1.82, 2.24) is 9.97 Å². The van der Waals surface area contributed by atoms with E-state index in [0.717, 1.165) is 35.5 Å². The highest BCUT2D eigenvalue weighted by atomic mass is 15.1. The maximum Gasteiger partial charge on any atom is 0.136 e. The molecule has 1 aromatic rings. The van der Waals surface area contributed by atoms with Crippen LogP contribution in [0.25, 0.3) is 0 Å². The van der Waals surface area contributed by atoms with Crippen LogP contribution in [0.3, 0.4) is 0 Å². The maximum atomic E-state index is 4.76. The molecule has 4 heteroatoms. The van der Waals surface area contributed by atoms with Crippen molar-refractivity contribution in [2.45, 2.75) is 58.4 Å². The van der Waals surface area contributed by atoms with E-state index in [4.69, 9.17) is 4.98 Å². The van der Waals surface area contributed by atoms with E-state index < -0.39 is 0 Å². The third-order valence-electron chi connectivity index (χ3n) is 4.16. The number of hydrogen-bond acceptors (Lipinski definition) is 4. The molecule has 0 spiro atoms. The molecule has 104 valence electrons. The molecule has 4 nitrogen and oxygen atoms in total. The zero-order valence-corrected chi connectivity index (χ0v) is 12.2. The van der Waals surface area contributed by atoms with Gasteiger partial charge in [-0.25, -0.2) is 9.97 Å². The summed E-state index contributed by atoms with van der Waals surface area (Å²) in [4.78, 5) is 9.45. The third kappa shape index (κ3) is 2.67. The van der Waals surface area contributed by atoms with Crippen molar-refractivity contribution in [3.63, 3.8) is 0 Å². The molecule has 0 amide bonds. The molecule has 0 bridgehead atoms. The summed E-state index contributed by atoms with van der Waals surface area (Å²) in [5.41, 5.74) is 1.16. The van der Waals surface area contributed by atoms with Crippen LogP contribution in [0, 0.1) is 12.8 Å². The van der Waals surface area contributed by atoms with Crippen LogP contribution >= 0.6 is 0 Å². The second-order valence-corrected chi connectivity index (χ2v) is 6.13. The van der Waals surface area contributed by atoms with Gasteiger partial charge in [-0.05, 0) is 45.4 Å². The van der Waals surface area contributed by atoms with Gasteiger partial charge in [0.1, 0.15) is 17.5 Å². The lowest BCUT2D eigenvalue weighted by atomic mass is 9.82. The molecule has 2 aliphatic carbocycles. The Labute approximate surface area is 115 Å². The Hall–Kier alpha value is -1.32. The Kier molecular flexibility index (Phi) is 3.33. The van der Waals surface area contributed by atoms with Gasteiger partial charge in [0.05, 0.1) is 0 Å². The predicted molar refractivity (Wildman–Crippen MR) is 78.7 cm³/mol. The summed E-state index contributed by atoms with van der Waals surface area (Å²) in [6.45, 7) is 7.44. The molecule has 0 aromatic carbocycles. The highest BCUT2D eigenvalue weighted by molar-refractivity contribution is 5.58. The normalized spacial score (nSPS) is 25.8. The smallest absolute Gasteiger partial charge is 0.136 e. The van der Waals surface area contributed by atoms with Gasteiger partial charge in [0.2, 0.25) is 0 Å². The lowest BCUT2D eigenvalue weighted by Crippen LogP contribution is -2.34. The number of nitrogens with one attached hydrogen (secondary N) is 2. The molecule has 0 saturated heterocycles. The van der Waals surface area contributed by atoms with Crippen LogP contribution in [-0.4, -0.2) is 22.6 Å². The first kappa shape index (κ1) is 12.7. The molecule has 2 saturated carbocycles. The number of hydrogen-bond donors (Lipinski definition) is 2. The van der Waals surface area contributed by atoms with Crippen molar-refractivity contribution >= 4 is 11.6 Å². The van der Waals surface area contributed by atoms with Gasteiger partial charge >= 0.3 is 0 Å². The Bertz CT molecular complexity index is 461. The van der Waals surface area contributed by atoms with Crippen LogP contribution in [0.1, 0.15) is 56.8 Å². The molecule has 2 N–H and O–H groups in total. The second-order valence-electron chi connectivity index (χ2n) is 6.13. The standard InChI is InChI=1S/C15H24N4/c1-4-16-13-10(3)14(17-12-7-9(2)8-12)19-15(18-13)11-5-6-11/h9,11-12H,4-8H2,1-3H3,(H2,16,17,18,19). The monoisotopic (exact) mass is 260 g/mol. The summed E-state index contributed by atoms with van der Waals surface area (Å²) in [5.74, 6) is 4.53. The summed E-state index contributed by atoms with van der Waals surface area (Å²) in [6.07, 6.45) is 5.01. The van der Waals surface area contributed by atoms with Crippen molar-refractivity contribution < 1.29 is 0 Å². The van der Waals surface area contributed by atoms with Gasteiger partial charge < -0.3 is 10.6 Å². The summed E-state index contributed by atoms with van der Waals surface area (Å²) < 4.78 is 0. The molecule has 0 radical (unpaired) electrons. The van der Waals surface area contributed by atoms with Crippen LogP contribution in [0.15, 0.2) is 0 Å². The molecule has 2 aliphatic rings. The minimum atomic E-state index is 0.596. The Morgan fingerprint density at radius 2 is 1.84 bits per heavy atom. The van der Waals surface area contributed by atoms with E-state index in [2.05, 4.69) is 36.4 Å². The summed E-state index contributed by atoms with van der Waals surface area (Å²) >= 11 is 0. The number of anilines is 2. The first-order valence-corrected chi connectivity index (χ1v) is 7.56. The topological polar surface area (TPSA) is 49.8 Å². The van der Waals surface area contributed by atoms with Gasteiger partial charge in [0, 0.05) is 24.1 Å². The fourth-order valence-electron chi connectivity index (χ4n) is 2.75. The molecular weight excluding hydrogens is 236 g/mol. The van der Waals surface area contributed by atoms with Gasteiger partial charge in [0.25, 0.3) is 0 Å². The van der Waals surface area contributed by atoms with Crippen molar-refractivity contribution in [2.24, 2.45) is 5.92 Å². The summed E-state index contributed by atoms with van der Waals surface area (Å²) in [5, 5.41) is 6.97. The van der Waals surface area contributed by atoms with Crippen molar-refractivity contribution in [2.75, 3.05) is 17.2 Å². The molecule has 0 unspecified atom stereocenters. The third-order valence-corrected chi connectivity index (χ3v) is 4.16. The fraction of sp³-hybridized carbons (Fsp3) is 0.733.